The van der Waals surface area contributed by atoms with Gasteiger partial charge in [0.2, 0.25) is 5.91 Å². The van der Waals surface area contributed by atoms with Crippen LogP contribution in [-0.2, 0) is 4.79 Å². The number of halogens is 1. The maximum absolute atomic E-state index is 13.9. The minimum absolute atomic E-state index is 0.0832. The second-order valence-electron chi connectivity index (χ2n) is 10.2. The maximum atomic E-state index is 13.9. The molecule has 8 nitrogen and oxygen atoms in total. The lowest BCUT2D eigenvalue weighted by atomic mass is 9.95. The number of fused-ring (bicyclic) bond motifs is 2. The monoisotopic (exact) mass is 505 g/mol. The average molecular weight is 506 g/mol. The fourth-order valence-corrected chi connectivity index (χ4v) is 4.28. The Morgan fingerprint density at radius 1 is 0.974 bits per heavy atom. The molecule has 0 bridgehead atoms. The molecule has 0 atom stereocenters. The summed E-state index contributed by atoms with van der Waals surface area (Å²) in [6, 6.07) is 16.1. The number of hydrogen-bond donors (Lipinski definition) is 3. The largest absolute Gasteiger partial charge is 0.335 e. The first kappa shape index (κ1) is 23.5. The molecule has 2 aromatic carbocycles. The molecular formula is C29H24FN7O. The number of hydrogen-bond acceptors (Lipinski definition) is 5. The zero-order chi connectivity index (χ0) is 26.4. The number of amides is 1. The topological polar surface area (TPSA) is 112 Å². The van der Waals surface area contributed by atoms with Gasteiger partial charge in [0.25, 0.3) is 0 Å². The van der Waals surface area contributed by atoms with Crippen molar-refractivity contribution in [2.24, 2.45) is 5.41 Å². The number of rotatable bonds is 4. The molecule has 0 saturated carbocycles. The van der Waals surface area contributed by atoms with Gasteiger partial charge in [0.1, 0.15) is 11.5 Å². The highest BCUT2D eigenvalue weighted by Crippen LogP contribution is 2.33. The van der Waals surface area contributed by atoms with Crippen molar-refractivity contribution in [3.63, 3.8) is 0 Å². The van der Waals surface area contributed by atoms with Gasteiger partial charge in [-0.3, -0.25) is 14.9 Å². The number of nitrogens with zero attached hydrogens (tertiary/aromatic N) is 4. The van der Waals surface area contributed by atoms with E-state index in [-0.39, 0.29) is 11.7 Å². The van der Waals surface area contributed by atoms with Gasteiger partial charge in [0.15, 0.2) is 11.5 Å². The molecule has 0 aliphatic rings. The van der Waals surface area contributed by atoms with Gasteiger partial charge in [-0.1, -0.05) is 39.0 Å². The van der Waals surface area contributed by atoms with Gasteiger partial charge in [-0.15, -0.1) is 0 Å². The summed E-state index contributed by atoms with van der Waals surface area (Å²) < 4.78 is 13.9. The number of aromatic amines is 2. The Bertz CT molecular complexity index is 1830. The van der Waals surface area contributed by atoms with Crippen molar-refractivity contribution in [1.29, 1.82) is 0 Å². The summed E-state index contributed by atoms with van der Waals surface area (Å²) in [6.07, 6.45) is 5.04. The Morgan fingerprint density at radius 2 is 1.84 bits per heavy atom. The summed E-state index contributed by atoms with van der Waals surface area (Å²) in [5.74, 6) is 0.152. The number of benzene rings is 2. The van der Waals surface area contributed by atoms with Crippen molar-refractivity contribution >= 4 is 33.7 Å². The third kappa shape index (κ3) is 4.28. The van der Waals surface area contributed by atoms with E-state index in [1.54, 1.807) is 24.7 Å². The fourth-order valence-electron chi connectivity index (χ4n) is 4.28. The summed E-state index contributed by atoms with van der Waals surface area (Å²) in [4.78, 5) is 29.2. The van der Waals surface area contributed by atoms with Gasteiger partial charge < -0.3 is 10.3 Å². The highest BCUT2D eigenvalue weighted by Gasteiger charge is 2.21. The van der Waals surface area contributed by atoms with Crippen LogP contribution in [0, 0.1) is 11.2 Å². The second kappa shape index (κ2) is 8.88. The Kier molecular flexibility index (Phi) is 5.48. The molecule has 0 saturated heterocycles. The Morgan fingerprint density at radius 3 is 2.66 bits per heavy atom. The molecule has 0 unspecified atom stereocenters. The van der Waals surface area contributed by atoms with Crippen LogP contribution in [0.15, 0.2) is 73.2 Å². The molecule has 6 aromatic rings. The smallest absolute Gasteiger partial charge is 0.229 e. The van der Waals surface area contributed by atoms with E-state index in [2.05, 4.69) is 35.5 Å². The van der Waals surface area contributed by atoms with E-state index in [4.69, 9.17) is 0 Å². The third-order valence-electron chi connectivity index (χ3n) is 6.33. The predicted molar refractivity (Wildman–Crippen MR) is 146 cm³/mol. The van der Waals surface area contributed by atoms with Crippen molar-refractivity contribution in [1.82, 2.24) is 30.1 Å². The van der Waals surface area contributed by atoms with Crippen LogP contribution in [0.3, 0.4) is 0 Å². The molecule has 0 aliphatic carbocycles. The lowest BCUT2D eigenvalue weighted by Crippen LogP contribution is -2.27. The van der Waals surface area contributed by atoms with Crippen LogP contribution in [0.5, 0.6) is 0 Å². The molecule has 4 heterocycles. The summed E-state index contributed by atoms with van der Waals surface area (Å²) in [6.45, 7) is 5.59. The van der Waals surface area contributed by atoms with Crippen LogP contribution in [0.1, 0.15) is 20.8 Å². The normalized spacial score (nSPS) is 11.8. The van der Waals surface area contributed by atoms with E-state index >= 15 is 0 Å². The number of H-pyrrole nitrogens is 2. The lowest BCUT2D eigenvalue weighted by molar-refractivity contribution is -0.123. The Balaban J connectivity index is 1.40. The molecule has 0 fully saturated rings. The zero-order valence-corrected chi connectivity index (χ0v) is 21.0. The van der Waals surface area contributed by atoms with Gasteiger partial charge in [-0.05, 0) is 47.5 Å². The van der Waals surface area contributed by atoms with Crippen molar-refractivity contribution in [2.45, 2.75) is 20.8 Å². The van der Waals surface area contributed by atoms with Gasteiger partial charge in [0.05, 0.1) is 22.9 Å². The molecule has 9 heteroatoms. The molecule has 0 spiro atoms. The molecule has 6 rings (SSSR count). The first-order chi connectivity index (χ1) is 18.3. The van der Waals surface area contributed by atoms with E-state index in [9.17, 15) is 9.18 Å². The molecule has 0 radical (unpaired) electrons. The standard InChI is InChI=1S/C29H24FN7O/c1-29(2,3)28(38)33-20-12-18(14-31-15-20)16-7-8-23-22(13-16)25(37-36-23)27-34-24-21(9-10-32-26(24)35-27)17-5-4-6-19(30)11-17/h4-15H,1-3H3,(H,33,38)(H,36,37)(H,32,34,35). The summed E-state index contributed by atoms with van der Waals surface area (Å²) in [7, 11) is 0. The van der Waals surface area contributed by atoms with Gasteiger partial charge in [-0.2, -0.15) is 5.10 Å². The van der Waals surface area contributed by atoms with E-state index < -0.39 is 5.41 Å². The van der Waals surface area contributed by atoms with Crippen LogP contribution in [0.2, 0.25) is 0 Å². The van der Waals surface area contributed by atoms with Crippen LogP contribution < -0.4 is 5.32 Å². The van der Waals surface area contributed by atoms with E-state index in [1.807, 2.05) is 57.2 Å². The molecule has 188 valence electrons. The van der Waals surface area contributed by atoms with Gasteiger partial charge in [-0.25, -0.2) is 14.4 Å². The summed E-state index contributed by atoms with van der Waals surface area (Å²) in [5, 5.41) is 11.4. The lowest BCUT2D eigenvalue weighted by Gasteiger charge is -2.17. The molecule has 0 aliphatic heterocycles. The number of carbonyl (C=O) groups is 1. The highest BCUT2D eigenvalue weighted by atomic mass is 19.1. The number of pyridine rings is 2. The quantitative estimate of drug-likeness (QED) is 0.258. The van der Waals surface area contributed by atoms with E-state index in [1.165, 1.54) is 12.1 Å². The number of carbonyl (C=O) groups excluding carboxylic acids is 1. The van der Waals surface area contributed by atoms with Crippen LogP contribution in [0.4, 0.5) is 10.1 Å². The van der Waals surface area contributed by atoms with Crippen molar-refractivity contribution in [3.8, 4) is 33.8 Å². The number of aromatic nitrogens is 6. The molecule has 3 N–H and O–H groups in total. The minimum Gasteiger partial charge on any atom is -0.335 e. The highest BCUT2D eigenvalue weighted by molar-refractivity contribution is 5.98. The van der Waals surface area contributed by atoms with Gasteiger partial charge >= 0.3 is 0 Å². The molecule has 38 heavy (non-hydrogen) atoms. The SMILES string of the molecule is CC(C)(C)C(=O)Nc1cncc(-c2ccc3[nH]nc(-c4nc5nccc(-c6cccc(F)c6)c5[nH]4)c3c2)c1. The first-order valence-electron chi connectivity index (χ1n) is 12.1. The first-order valence-corrected chi connectivity index (χ1v) is 12.1. The van der Waals surface area contributed by atoms with Crippen LogP contribution in [-0.4, -0.2) is 36.0 Å². The van der Waals surface area contributed by atoms with Crippen molar-refractivity contribution < 1.29 is 9.18 Å². The van der Waals surface area contributed by atoms with Crippen molar-refractivity contribution in [2.75, 3.05) is 5.32 Å². The molecule has 4 aromatic heterocycles. The van der Waals surface area contributed by atoms with Crippen LogP contribution in [0.25, 0.3) is 55.8 Å². The fraction of sp³-hybridized carbons (Fsp3) is 0.138. The molecule has 1 amide bonds. The Hall–Kier alpha value is -4.92. The number of anilines is 1. The minimum atomic E-state index is -0.517. The van der Waals surface area contributed by atoms with Crippen molar-refractivity contribution in [3.05, 3.63) is 79.0 Å². The van der Waals surface area contributed by atoms with E-state index in [0.29, 0.717) is 28.4 Å². The number of imidazole rings is 1. The Labute approximate surface area is 217 Å². The third-order valence-corrected chi connectivity index (χ3v) is 6.33. The number of nitrogens with one attached hydrogen (secondary N) is 3. The van der Waals surface area contributed by atoms with Gasteiger partial charge in [0, 0.05) is 34.3 Å². The predicted octanol–water partition coefficient (Wildman–Crippen LogP) is 6.35. The maximum Gasteiger partial charge on any atom is 0.229 e. The van der Waals surface area contributed by atoms with Crippen LogP contribution >= 0.6 is 0 Å². The zero-order valence-electron chi connectivity index (χ0n) is 21.0. The summed E-state index contributed by atoms with van der Waals surface area (Å²) >= 11 is 0. The molecular weight excluding hydrogens is 481 g/mol. The summed E-state index contributed by atoms with van der Waals surface area (Å²) in [5.41, 5.74) is 6.09. The second-order valence-corrected chi connectivity index (χ2v) is 10.2. The van der Waals surface area contributed by atoms with E-state index in [0.717, 1.165) is 33.2 Å². The average Bonchev–Trinajstić information content (AvgIpc) is 3.52.